The summed E-state index contributed by atoms with van der Waals surface area (Å²) < 4.78 is 0. The smallest absolute Gasteiger partial charge is 0.317 e. The third-order valence-electron chi connectivity index (χ3n) is 3.59. The Morgan fingerprint density at radius 1 is 1.42 bits per heavy atom. The summed E-state index contributed by atoms with van der Waals surface area (Å²) in [6, 6.07) is 9.70. The van der Waals surface area contributed by atoms with Crippen LogP contribution in [0.1, 0.15) is 37.3 Å². The van der Waals surface area contributed by atoms with E-state index in [2.05, 4.69) is 18.3 Å². The lowest BCUT2D eigenvalue weighted by molar-refractivity contribution is 0.158. The fourth-order valence-corrected chi connectivity index (χ4v) is 2.38. The predicted molar refractivity (Wildman–Crippen MR) is 73.4 cm³/mol. The second-order valence-corrected chi connectivity index (χ2v) is 5.01. The molecule has 1 aromatic rings. The van der Waals surface area contributed by atoms with Crippen LogP contribution in [0.25, 0.3) is 0 Å². The second-order valence-electron chi connectivity index (χ2n) is 5.01. The maximum atomic E-state index is 12.1. The van der Waals surface area contributed by atoms with Gasteiger partial charge in [0.25, 0.3) is 0 Å². The zero-order chi connectivity index (χ0) is 13.7. The molecule has 2 rings (SSSR count). The van der Waals surface area contributed by atoms with Crippen molar-refractivity contribution in [2.24, 2.45) is 0 Å². The van der Waals surface area contributed by atoms with E-state index < -0.39 is 0 Å². The third kappa shape index (κ3) is 3.47. The van der Waals surface area contributed by atoms with Crippen LogP contribution < -0.4 is 5.32 Å². The van der Waals surface area contributed by atoms with Crippen LogP contribution in [-0.4, -0.2) is 23.5 Å². The number of likely N-dealkylation sites (tertiary alicyclic amines) is 1. The van der Waals surface area contributed by atoms with Gasteiger partial charge in [0.1, 0.15) is 0 Å². The number of piperidine rings is 1. The molecule has 1 aliphatic rings. The van der Waals surface area contributed by atoms with E-state index in [1.807, 2.05) is 17.0 Å². The summed E-state index contributed by atoms with van der Waals surface area (Å²) in [5, 5.41) is 11.7. The molecule has 0 unspecified atom stereocenters. The van der Waals surface area contributed by atoms with Gasteiger partial charge in [-0.15, -0.1) is 0 Å². The monoisotopic (exact) mass is 257 g/mol. The van der Waals surface area contributed by atoms with Crippen LogP contribution in [0, 0.1) is 11.3 Å². The predicted octanol–water partition coefficient (Wildman–Crippen LogP) is 2.64. The molecule has 1 aliphatic heterocycles. The molecular formula is C15H19N3O. The summed E-state index contributed by atoms with van der Waals surface area (Å²) in [5.41, 5.74) is 1.65. The minimum atomic E-state index is 0.0107. The Kier molecular flexibility index (Phi) is 4.40. The highest BCUT2D eigenvalue weighted by molar-refractivity contribution is 5.74. The zero-order valence-electron chi connectivity index (χ0n) is 11.2. The number of rotatable bonds is 2. The van der Waals surface area contributed by atoms with E-state index in [4.69, 9.17) is 5.26 Å². The minimum Gasteiger partial charge on any atom is -0.334 e. The lowest BCUT2D eigenvalue weighted by atomic mass is 10.0. The van der Waals surface area contributed by atoms with Crippen molar-refractivity contribution in [3.05, 3.63) is 35.4 Å². The first kappa shape index (κ1) is 13.4. The number of nitriles is 1. The minimum absolute atomic E-state index is 0.0107. The van der Waals surface area contributed by atoms with Crippen LogP contribution in [0.4, 0.5) is 4.79 Å². The van der Waals surface area contributed by atoms with Gasteiger partial charge in [-0.05, 0) is 43.9 Å². The molecule has 1 saturated heterocycles. The molecule has 1 heterocycles. The summed E-state index contributed by atoms with van der Waals surface area (Å²) >= 11 is 0. The quantitative estimate of drug-likeness (QED) is 0.885. The highest BCUT2D eigenvalue weighted by Crippen LogP contribution is 2.16. The van der Waals surface area contributed by atoms with E-state index in [1.54, 1.807) is 12.1 Å². The fourth-order valence-electron chi connectivity index (χ4n) is 2.38. The number of nitrogens with one attached hydrogen (secondary N) is 1. The van der Waals surface area contributed by atoms with Crippen molar-refractivity contribution in [1.29, 1.82) is 5.26 Å². The van der Waals surface area contributed by atoms with Gasteiger partial charge >= 0.3 is 6.03 Å². The van der Waals surface area contributed by atoms with Gasteiger partial charge in [0, 0.05) is 19.1 Å². The van der Waals surface area contributed by atoms with Crippen LogP contribution >= 0.6 is 0 Å². The molecule has 1 aromatic carbocycles. The molecule has 0 aromatic heterocycles. The number of urea groups is 1. The van der Waals surface area contributed by atoms with Crippen molar-refractivity contribution in [2.75, 3.05) is 6.54 Å². The van der Waals surface area contributed by atoms with E-state index in [0.717, 1.165) is 24.9 Å². The number of benzene rings is 1. The zero-order valence-corrected chi connectivity index (χ0v) is 11.2. The Morgan fingerprint density at radius 3 is 2.79 bits per heavy atom. The van der Waals surface area contributed by atoms with E-state index in [9.17, 15) is 4.79 Å². The number of hydrogen-bond acceptors (Lipinski definition) is 2. The highest BCUT2D eigenvalue weighted by Gasteiger charge is 2.22. The highest BCUT2D eigenvalue weighted by atomic mass is 16.2. The van der Waals surface area contributed by atoms with Gasteiger partial charge in [-0.2, -0.15) is 5.26 Å². The average molecular weight is 257 g/mol. The summed E-state index contributed by atoms with van der Waals surface area (Å²) in [7, 11) is 0. The molecule has 19 heavy (non-hydrogen) atoms. The van der Waals surface area contributed by atoms with Crippen LogP contribution in [0.2, 0.25) is 0 Å². The van der Waals surface area contributed by atoms with Gasteiger partial charge in [-0.25, -0.2) is 4.79 Å². The third-order valence-corrected chi connectivity index (χ3v) is 3.59. The van der Waals surface area contributed by atoms with E-state index in [-0.39, 0.29) is 6.03 Å². The van der Waals surface area contributed by atoms with Crippen molar-refractivity contribution >= 4 is 6.03 Å². The summed E-state index contributed by atoms with van der Waals surface area (Å²) in [6.45, 7) is 3.45. The second kappa shape index (κ2) is 6.24. The molecule has 4 heteroatoms. The molecule has 100 valence electrons. The first-order chi connectivity index (χ1) is 9.20. The summed E-state index contributed by atoms with van der Waals surface area (Å²) in [5.74, 6) is 0. The lowest BCUT2D eigenvalue weighted by Gasteiger charge is -2.33. The Morgan fingerprint density at radius 2 is 2.16 bits per heavy atom. The summed E-state index contributed by atoms with van der Waals surface area (Å²) in [6.07, 6.45) is 3.39. The van der Waals surface area contributed by atoms with Crippen molar-refractivity contribution in [3.8, 4) is 6.07 Å². The van der Waals surface area contributed by atoms with Gasteiger partial charge in [-0.3, -0.25) is 0 Å². The van der Waals surface area contributed by atoms with Gasteiger partial charge < -0.3 is 10.2 Å². The normalized spacial score (nSPS) is 18.7. The number of carbonyl (C=O) groups is 1. The topological polar surface area (TPSA) is 56.1 Å². The average Bonchev–Trinajstić information content (AvgIpc) is 2.46. The number of amides is 2. The maximum Gasteiger partial charge on any atom is 0.317 e. The Bertz CT molecular complexity index is 475. The Hall–Kier alpha value is -2.02. The van der Waals surface area contributed by atoms with E-state index >= 15 is 0 Å². The summed E-state index contributed by atoms with van der Waals surface area (Å²) in [4.78, 5) is 14.0. The molecule has 0 bridgehead atoms. The molecule has 1 N–H and O–H groups in total. The first-order valence-electron chi connectivity index (χ1n) is 6.74. The molecule has 0 spiro atoms. The van der Waals surface area contributed by atoms with Crippen molar-refractivity contribution in [3.63, 3.8) is 0 Å². The molecule has 0 radical (unpaired) electrons. The molecule has 0 aliphatic carbocycles. The van der Waals surface area contributed by atoms with Crippen LogP contribution in [0.5, 0.6) is 0 Å². The Labute approximate surface area is 114 Å². The van der Waals surface area contributed by atoms with Crippen molar-refractivity contribution in [1.82, 2.24) is 10.2 Å². The molecular weight excluding hydrogens is 238 g/mol. The largest absolute Gasteiger partial charge is 0.334 e. The fraction of sp³-hybridized carbons (Fsp3) is 0.467. The van der Waals surface area contributed by atoms with Gasteiger partial charge in [-0.1, -0.05) is 12.1 Å². The van der Waals surface area contributed by atoms with Gasteiger partial charge in [0.05, 0.1) is 11.6 Å². The van der Waals surface area contributed by atoms with Crippen LogP contribution in [-0.2, 0) is 6.54 Å². The van der Waals surface area contributed by atoms with Crippen LogP contribution in [0.15, 0.2) is 24.3 Å². The molecule has 1 fully saturated rings. The van der Waals surface area contributed by atoms with Crippen LogP contribution in [0.3, 0.4) is 0 Å². The van der Waals surface area contributed by atoms with Gasteiger partial charge in [0.15, 0.2) is 0 Å². The SMILES string of the molecule is C[C@@H]1CCCCN1C(=O)NCc1ccc(C#N)cc1. The standard InChI is InChI=1S/C15H19N3O/c1-12-4-2-3-9-18(12)15(19)17-11-14-7-5-13(10-16)6-8-14/h5-8,12H,2-4,9,11H2,1H3,(H,17,19)/t12-/m1/s1. The maximum absolute atomic E-state index is 12.1. The Balaban J connectivity index is 1.87. The van der Waals surface area contributed by atoms with E-state index in [0.29, 0.717) is 18.2 Å². The van der Waals surface area contributed by atoms with Crippen molar-refractivity contribution < 1.29 is 4.79 Å². The molecule has 0 saturated carbocycles. The van der Waals surface area contributed by atoms with E-state index in [1.165, 1.54) is 6.42 Å². The molecule has 4 nitrogen and oxygen atoms in total. The number of hydrogen-bond donors (Lipinski definition) is 1. The number of carbonyl (C=O) groups excluding carboxylic acids is 1. The van der Waals surface area contributed by atoms with Gasteiger partial charge in [0.2, 0.25) is 0 Å². The number of nitrogens with zero attached hydrogens (tertiary/aromatic N) is 2. The molecule has 1 atom stereocenters. The lowest BCUT2D eigenvalue weighted by Crippen LogP contribution is -2.47. The molecule has 2 amide bonds. The first-order valence-corrected chi connectivity index (χ1v) is 6.74. The van der Waals surface area contributed by atoms with Crippen molar-refractivity contribution in [2.45, 2.75) is 38.8 Å².